The van der Waals surface area contributed by atoms with Crippen molar-refractivity contribution in [3.05, 3.63) is 65.7 Å². The molecular formula is C18H23NO. The molecule has 2 nitrogen and oxygen atoms in total. The normalized spacial score (nSPS) is 14.1. The van der Waals surface area contributed by atoms with Crippen LogP contribution in [0.2, 0.25) is 0 Å². The van der Waals surface area contributed by atoms with Gasteiger partial charge in [0.1, 0.15) is 11.9 Å². The van der Waals surface area contributed by atoms with Crippen molar-refractivity contribution in [1.29, 1.82) is 0 Å². The molecule has 0 aliphatic heterocycles. The lowest BCUT2D eigenvalue weighted by Gasteiger charge is -2.30. The van der Waals surface area contributed by atoms with Crippen LogP contribution in [0, 0.1) is 6.92 Å². The summed E-state index contributed by atoms with van der Waals surface area (Å²) in [6.45, 7) is 4.27. The van der Waals surface area contributed by atoms with E-state index in [1.807, 2.05) is 24.3 Å². The third kappa shape index (κ3) is 3.40. The maximum absolute atomic E-state index is 6.31. The molecule has 0 radical (unpaired) electrons. The van der Waals surface area contributed by atoms with Crippen molar-refractivity contribution in [2.75, 3.05) is 14.1 Å². The van der Waals surface area contributed by atoms with Crippen molar-refractivity contribution >= 4 is 0 Å². The van der Waals surface area contributed by atoms with E-state index in [0.29, 0.717) is 0 Å². The lowest BCUT2D eigenvalue weighted by atomic mass is 10.0. The average Bonchev–Trinajstić information content (AvgIpc) is 2.46. The summed E-state index contributed by atoms with van der Waals surface area (Å²) < 4.78 is 6.31. The number of hydrogen-bond donors (Lipinski definition) is 0. The smallest absolute Gasteiger partial charge is 0.139 e. The predicted molar refractivity (Wildman–Crippen MR) is 84.1 cm³/mol. The van der Waals surface area contributed by atoms with Crippen molar-refractivity contribution in [3.8, 4) is 5.75 Å². The Balaban J connectivity index is 2.31. The van der Waals surface area contributed by atoms with E-state index in [-0.39, 0.29) is 12.1 Å². The molecule has 2 rings (SSSR count). The van der Waals surface area contributed by atoms with Gasteiger partial charge in [0.2, 0.25) is 0 Å². The number of likely N-dealkylation sites (N-methyl/N-ethyl adjacent to an activating group) is 1. The largest absolute Gasteiger partial charge is 0.484 e. The Morgan fingerprint density at radius 3 is 2.10 bits per heavy atom. The fraction of sp³-hybridized carbons (Fsp3) is 0.333. The van der Waals surface area contributed by atoms with Gasteiger partial charge in [-0.3, -0.25) is 0 Å². The standard InChI is InChI=1S/C18H23NO/c1-14-10-8-9-13-17(14)20-18(15(2)19(3)4)16-11-6-5-7-12-16/h5-13,15,18H,1-4H3. The molecule has 0 aliphatic carbocycles. The minimum atomic E-state index is 0.0206. The maximum Gasteiger partial charge on any atom is 0.139 e. The van der Waals surface area contributed by atoms with Gasteiger partial charge < -0.3 is 9.64 Å². The van der Waals surface area contributed by atoms with Crippen LogP contribution in [0.15, 0.2) is 54.6 Å². The molecule has 2 atom stereocenters. The molecule has 0 saturated carbocycles. The van der Waals surface area contributed by atoms with E-state index in [0.717, 1.165) is 5.75 Å². The van der Waals surface area contributed by atoms with E-state index in [2.05, 4.69) is 63.2 Å². The van der Waals surface area contributed by atoms with Gasteiger partial charge in [0.15, 0.2) is 0 Å². The first-order valence-electron chi connectivity index (χ1n) is 7.03. The Kier molecular flexibility index (Phi) is 4.80. The summed E-state index contributed by atoms with van der Waals surface area (Å²) in [6, 6.07) is 18.9. The third-order valence-electron chi connectivity index (χ3n) is 3.73. The number of aryl methyl sites for hydroxylation is 1. The van der Waals surface area contributed by atoms with Gasteiger partial charge in [0, 0.05) is 6.04 Å². The van der Waals surface area contributed by atoms with Crippen LogP contribution in [0.5, 0.6) is 5.75 Å². The molecule has 0 aromatic heterocycles. The lowest BCUT2D eigenvalue weighted by molar-refractivity contribution is 0.107. The first kappa shape index (κ1) is 14.6. The predicted octanol–water partition coefficient (Wildman–Crippen LogP) is 4.07. The second-order valence-electron chi connectivity index (χ2n) is 5.42. The number of nitrogens with zero attached hydrogens (tertiary/aromatic N) is 1. The van der Waals surface area contributed by atoms with E-state index >= 15 is 0 Å². The van der Waals surface area contributed by atoms with Crippen LogP contribution in [0.25, 0.3) is 0 Å². The highest BCUT2D eigenvalue weighted by atomic mass is 16.5. The highest BCUT2D eigenvalue weighted by Gasteiger charge is 2.23. The van der Waals surface area contributed by atoms with Crippen LogP contribution in [0.1, 0.15) is 24.2 Å². The highest BCUT2D eigenvalue weighted by molar-refractivity contribution is 5.33. The molecule has 0 amide bonds. The number of benzene rings is 2. The molecule has 0 bridgehead atoms. The van der Waals surface area contributed by atoms with E-state index in [4.69, 9.17) is 4.74 Å². The Labute approximate surface area is 122 Å². The fourth-order valence-corrected chi connectivity index (χ4v) is 2.18. The monoisotopic (exact) mass is 269 g/mol. The summed E-state index contributed by atoms with van der Waals surface area (Å²) in [5.74, 6) is 0.954. The van der Waals surface area contributed by atoms with E-state index in [1.54, 1.807) is 0 Å². The molecule has 106 valence electrons. The molecule has 0 heterocycles. The lowest BCUT2D eigenvalue weighted by Crippen LogP contribution is -2.34. The topological polar surface area (TPSA) is 12.5 Å². The van der Waals surface area contributed by atoms with Gasteiger partial charge >= 0.3 is 0 Å². The van der Waals surface area contributed by atoms with Crippen molar-refractivity contribution < 1.29 is 4.74 Å². The Hall–Kier alpha value is -1.80. The van der Waals surface area contributed by atoms with E-state index < -0.39 is 0 Å². The van der Waals surface area contributed by atoms with Gasteiger partial charge in [0.25, 0.3) is 0 Å². The molecule has 2 unspecified atom stereocenters. The zero-order valence-electron chi connectivity index (χ0n) is 12.7. The summed E-state index contributed by atoms with van der Waals surface area (Å²) >= 11 is 0. The molecule has 2 aromatic carbocycles. The molecule has 0 fully saturated rings. The minimum absolute atomic E-state index is 0.0206. The van der Waals surface area contributed by atoms with Gasteiger partial charge in [-0.05, 0) is 45.1 Å². The van der Waals surface area contributed by atoms with E-state index in [1.165, 1.54) is 11.1 Å². The zero-order valence-corrected chi connectivity index (χ0v) is 12.7. The first-order valence-corrected chi connectivity index (χ1v) is 7.03. The first-order chi connectivity index (χ1) is 9.59. The molecular weight excluding hydrogens is 246 g/mol. The Morgan fingerprint density at radius 1 is 0.900 bits per heavy atom. The van der Waals surface area contributed by atoms with Gasteiger partial charge in [-0.15, -0.1) is 0 Å². The molecule has 0 saturated heterocycles. The molecule has 0 aliphatic rings. The number of rotatable bonds is 5. The summed E-state index contributed by atoms with van der Waals surface area (Å²) in [7, 11) is 4.17. The van der Waals surface area contributed by atoms with Crippen molar-refractivity contribution in [2.45, 2.75) is 26.0 Å². The maximum atomic E-state index is 6.31. The minimum Gasteiger partial charge on any atom is -0.484 e. The quantitative estimate of drug-likeness (QED) is 0.811. The molecule has 0 N–H and O–H groups in total. The van der Waals surface area contributed by atoms with Gasteiger partial charge in [-0.2, -0.15) is 0 Å². The van der Waals surface area contributed by atoms with Crippen LogP contribution in [-0.4, -0.2) is 25.0 Å². The van der Waals surface area contributed by atoms with Crippen LogP contribution < -0.4 is 4.74 Å². The second-order valence-corrected chi connectivity index (χ2v) is 5.42. The number of para-hydroxylation sites is 1. The summed E-state index contributed by atoms with van der Waals surface area (Å²) in [5, 5.41) is 0. The van der Waals surface area contributed by atoms with Gasteiger partial charge in [0.05, 0.1) is 0 Å². The molecule has 0 spiro atoms. The Morgan fingerprint density at radius 2 is 1.50 bits per heavy atom. The van der Waals surface area contributed by atoms with E-state index in [9.17, 15) is 0 Å². The number of ether oxygens (including phenoxy) is 1. The molecule has 2 heteroatoms. The van der Waals surface area contributed by atoms with Crippen LogP contribution in [0.3, 0.4) is 0 Å². The third-order valence-corrected chi connectivity index (χ3v) is 3.73. The second kappa shape index (κ2) is 6.58. The van der Waals surface area contributed by atoms with Crippen molar-refractivity contribution in [1.82, 2.24) is 4.90 Å². The number of hydrogen-bond acceptors (Lipinski definition) is 2. The van der Waals surface area contributed by atoms with Crippen LogP contribution >= 0.6 is 0 Å². The Bertz CT molecular complexity index is 536. The van der Waals surface area contributed by atoms with Gasteiger partial charge in [-0.1, -0.05) is 48.5 Å². The van der Waals surface area contributed by atoms with Crippen LogP contribution in [-0.2, 0) is 0 Å². The SMILES string of the molecule is Cc1ccccc1OC(c1ccccc1)C(C)N(C)C. The molecule has 2 aromatic rings. The van der Waals surface area contributed by atoms with Gasteiger partial charge in [-0.25, -0.2) is 0 Å². The van der Waals surface area contributed by atoms with Crippen molar-refractivity contribution in [2.24, 2.45) is 0 Å². The summed E-state index contributed by atoms with van der Waals surface area (Å²) in [5.41, 5.74) is 2.37. The summed E-state index contributed by atoms with van der Waals surface area (Å²) in [4.78, 5) is 2.19. The zero-order chi connectivity index (χ0) is 14.5. The summed E-state index contributed by atoms with van der Waals surface area (Å²) in [6.07, 6.45) is 0.0206. The molecule has 20 heavy (non-hydrogen) atoms. The highest BCUT2D eigenvalue weighted by Crippen LogP contribution is 2.28. The average molecular weight is 269 g/mol. The van der Waals surface area contributed by atoms with Crippen LogP contribution in [0.4, 0.5) is 0 Å². The fourth-order valence-electron chi connectivity index (χ4n) is 2.18. The van der Waals surface area contributed by atoms with Crippen molar-refractivity contribution in [3.63, 3.8) is 0 Å².